The van der Waals surface area contributed by atoms with Gasteiger partial charge in [-0.05, 0) is 49.1 Å². The molecule has 3 aromatic rings. The number of sulfonamides is 1. The highest BCUT2D eigenvalue weighted by Gasteiger charge is 2.33. The number of para-hydroxylation sites is 1. The Balaban J connectivity index is 1.40. The van der Waals surface area contributed by atoms with Crippen molar-refractivity contribution >= 4 is 26.8 Å². The average molecular weight is 458 g/mol. The quantitative estimate of drug-likeness (QED) is 0.606. The maximum atomic E-state index is 13.6. The molecule has 0 spiro atoms. The number of aromatic nitrogens is 1. The van der Waals surface area contributed by atoms with E-state index < -0.39 is 21.7 Å². The molecule has 1 aliphatic carbocycles. The summed E-state index contributed by atoms with van der Waals surface area (Å²) < 4.78 is 53.7. The molecule has 9 heteroatoms. The van der Waals surface area contributed by atoms with Crippen LogP contribution in [-0.2, 0) is 22.9 Å². The Bertz CT molecular complexity index is 1340. The molecule has 1 aromatic heterocycles. The van der Waals surface area contributed by atoms with Crippen LogP contribution in [0.25, 0.3) is 10.9 Å². The summed E-state index contributed by atoms with van der Waals surface area (Å²) in [6.07, 6.45) is 2.61. The lowest BCUT2D eigenvalue weighted by molar-refractivity contribution is 0.0699. The minimum atomic E-state index is -3.98. The number of aryl methyl sites for hydroxylation is 1. The third-order valence-electron chi connectivity index (χ3n) is 6.19. The van der Waals surface area contributed by atoms with Gasteiger partial charge in [0.15, 0.2) is 11.6 Å². The summed E-state index contributed by atoms with van der Waals surface area (Å²) >= 11 is 0. The number of pyridine rings is 1. The van der Waals surface area contributed by atoms with Gasteiger partial charge in [0, 0.05) is 37.3 Å². The highest BCUT2D eigenvalue weighted by atomic mass is 32.2. The summed E-state index contributed by atoms with van der Waals surface area (Å²) in [7, 11) is -3.98. The number of hydrogen-bond donors (Lipinski definition) is 0. The second-order valence-corrected chi connectivity index (χ2v) is 9.99. The fourth-order valence-electron chi connectivity index (χ4n) is 4.53. The maximum Gasteiger partial charge on any atom is 0.254 e. The zero-order chi connectivity index (χ0) is 22.5. The first-order valence-corrected chi connectivity index (χ1v) is 12.0. The van der Waals surface area contributed by atoms with E-state index in [1.807, 2.05) is 24.3 Å². The minimum Gasteiger partial charge on any atom is -0.336 e. The van der Waals surface area contributed by atoms with E-state index in [0.29, 0.717) is 11.6 Å². The topological polar surface area (TPSA) is 70.6 Å². The Morgan fingerprint density at radius 3 is 2.44 bits per heavy atom. The molecule has 1 fully saturated rings. The maximum absolute atomic E-state index is 13.6. The number of amides is 1. The molecule has 2 heterocycles. The molecule has 0 radical (unpaired) electrons. The zero-order valence-corrected chi connectivity index (χ0v) is 18.0. The molecule has 0 N–H and O–H groups in total. The van der Waals surface area contributed by atoms with Gasteiger partial charge in [-0.3, -0.25) is 9.78 Å². The Morgan fingerprint density at radius 1 is 0.938 bits per heavy atom. The van der Waals surface area contributed by atoms with Gasteiger partial charge in [0.1, 0.15) is 0 Å². The van der Waals surface area contributed by atoms with E-state index in [1.54, 1.807) is 4.90 Å². The summed E-state index contributed by atoms with van der Waals surface area (Å²) in [5.74, 6) is -2.43. The van der Waals surface area contributed by atoms with E-state index in [2.05, 4.69) is 0 Å². The molecule has 0 atom stereocenters. The molecule has 0 saturated carbocycles. The third-order valence-corrected chi connectivity index (χ3v) is 8.08. The van der Waals surface area contributed by atoms with Gasteiger partial charge in [0.25, 0.3) is 5.91 Å². The van der Waals surface area contributed by atoms with E-state index in [0.717, 1.165) is 53.6 Å². The second-order valence-electron chi connectivity index (χ2n) is 8.05. The van der Waals surface area contributed by atoms with Gasteiger partial charge in [-0.15, -0.1) is 0 Å². The van der Waals surface area contributed by atoms with Crippen LogP contribution in [0.4, 0.5) is 8.78 Å². The summed E-state index contributed by atoms with van der Waals surface area (Å²) in [6.45, 7) is 0.594. The zero-order valence-electron chi connectivity index (χ0n) is 17.2. The van der Waals surface area contributed by atoms with Crippen LogP contribution in [-0.4, -0.2) is 54.7 Å². The predicted molar refractivity (Wildman–Crippen MR) is 115 cm³/mol. The first-order chi connectivity index (χ1) is 15.4. The Morgan fingerprint density at radius 2 is 1.69 bits per heavy atom. The van der Waals surface area contributed by atoms with Gasteiger partial charge in [-0.25, -0.2) is 17.2 Å². The van der Waals surface area contributed by atoms with Crippen molar-refractivity contribution in [1.29, 1.82) is 0 Å². The van der Waals surface area contributed by atoms with Crippen molar-refractivity contribution in [2.45, 2.75) is 24.2 Å². The standard InChI is InChI=1S/C23H21F2N3O3S/c24-18-9-8-15(14-19(18)25)32(30,31)28-12-10-27(11-13-28)23(29)22-16-4-1-2-6-20(16)26-21-7-3-5-17(21)22/h1-2,4,6,8-9,14H,3,5,7,10-13H2. The summed E-state index contributed by atoms with van der Waals surface area (Å²) in [5.41, 5.74) is 3.41. The second kappa shape index (κ2) is 7.90. The molecular weight excluding hydrogens is 436 g/mol. The van der Waals surface area contributed by atoms with E-state index in [9.17, 15) is 22.0 Å². The molecule has 0 unspecified atom stereocenters. The molecule has 1 saturated heterocycles. The first-order valence-electron chi connectivity index (χ1n) is 10.5. The van der Waals surface area contributed by atoms with Crippen LogP contribution < -0.4 is 0 Å². The van der Waals surface area contributed by atoms with Crippen LogP contribution in [0.1, 0.15) is 28.0 Å². The Kier molecular flexibility index (Phi) is 5.17. The fraction of sp³-hybridized carbons (Fsp3) is 0.304. The van der Waals surface area contributed by atoms with Gasteiger partial charge >= 0.3 is 0 Å². The fourth-order valence-corrected chi connectivity index (χ4v) is 5.97. The summed E-state index contributed by atoms with van der Waals surface area (Å²) in [5, 5.41) is 0.815. The smallest absolute Gasteiger partial charge is 0.254 e. The summed E-state index contributed by atoms with van der Waals surface area (Å²) in [4.78, 5) is 19.6. The number of halogens is 2. The van der Waals surface area contributed by atoms with Crippen LogP contribution in [0.15, 0.2) is 47.4 Å². The number of carbonyl (C=O) groups excluding carboxylic acids is 1. The monoisotopic (exact) mass is 457 g/mol. The number of rotatable bonds is 3. The predicted octanol–water partition coefficient (Wildman–Crippen LogP) is 3.15. The molecule has 166 valence electrons. The average Bonchev–Trinajstić information content (AvgIpc) is 3.27. The number of nitrogens with zero attached hydrogens (tertiary/aromatic N) is 3. The van der Waals surface area contributed by atoms with E-state index >= 15 is 0 Å². The molecule has 1 amide bonds. The largest absolute Gasteiger partial charge is 0.336 e. The first kappa shape index (κ1) is 21.0. The molecule has 0 bridgehead atoms. The van der Waals surface area contributed by atoms with Crippen LogP contribution in [0, 0.1) is 11.6 Å². The molecular formula is C23H21F2N3O3S. The van der Waals surface area contributed by atoms with Gasteiger partial charge in [-0.1, -0.05) is 18.2 Å². The van der Waals surface area contributed by atoms with Gasteiger partial charge < -0.3 is 4.90 Å². The Hall–Kier alpha value is -2.91. The molecule has 2 aliphatic rings. The molecule has 32 heavy (non-hydrogen) atoms. The minimum absolute atomic E-state index is 0.0816. The third kappa shape index (κ3) is 3.45. The van der Waals surface area contributed by atoms with E-state index in [-0.39, 0.29) is 37.0 Å². The lowest BCUT2D eigenvalue weighted by Crippen LogP contribution is -2.50. The van der Waals surface area contributed by atoms with Crippen LogP contribution in [0.2, 0.25) is 0 Å². The van der Waals surface area contributed by atoms with E-state index in [4.69, 9.17) is 4.98 Å². The number of piperazine rings is 1. The van der Waals surface area contributed by atoms with Crippen molar-refractivity contribution in [2.75, 3.05) is 26.2 Å². The van der Waals surface area contributed by atoms with Crippen molar-refractivity contribution in [3.8, 4) is 0 Å². The lowest BCUT2D eigenvalue weighted by Gasteiger charge is -2.34. The highest BCUT2D eigenvalue weighted by Crippen LogP contribution is 2.31. The van der Waals surface area contributed by atoms with Gasteiger partial charge in [-0.2, -0.15) is 4.31 Å². The molecule has 5 rings (SSSR count). The van der Waals surface area contributed by atoms with Gasteiger partial charge in [0.05, 0.1) is 16.0 Å². The molecule has 6 nitrogen and oxygen atoms in total. The van der Waals surface area contributed by atoms with Gasteiger partial charge in [0.2, 0.25) is 10.0 Å². The lowest BCUT2D eigenvalue weighted by atomic mass is 10.00. The number of benzene rings is 2. The normalized spacial score (nSPS) is 17.0. The Labute approximate surface area is 184 Å². The molecule has 2 aromatic carbocycles. The molecule has 1 aliphatic heterocycles. The van der Waals surface area contributed by atoms with Crippen LogP contribution >= 0.6 is 0 Å². The number of hydrogen-bond acceptors (Lipinski definition) is 4. The highest BCUT2D eigenvalue weighted by molar-refractivity contribution is 7.89. The van der Waals surface area contributed by atoms with Crippen LogP contribution in [0.5, 0.6) is 0 Å². The van der Waals surface area contributed by atoms with Crippen LogP contribution in [0.3, 0.4) is 0 Å². The number of fused-ring (bicyclic) bond motifs is 2. The van der Waals surface area contributed by atoms with E-state index in [1.165, 1.54) is 4.31 Å². The van der Waals surface area contributed by atoms with Crippen molar-refractivity contribution in [3.63, 3.8) is 0 Å². The van der Waals surface area contributed by atoms with Crippen molar-refractivity contribution in [3.05, 3.63) is 70.9 Å². The van der Waals surface area contributed by atoms with Crippen molar-refractivity contribution in [2.24, 2.45) is 0 Å². The SMILES string of the molecule is O=C(c1c2c(nc3ccccc13)CCC2)N1CCN(S(=O)(=O)c2ccc(F)c(F)c2)CC1. The number of carbonyl (C=O) groups is 1. The summed E-state index contributed by atoms with van der Waals surface area (Å²) in [6, 6.07) is 10.1. The van der Waals surface area contributed by atoms with Crippen molar-refractivity contribution < 1.29 is 22.0 Å². The van der Waals surface area contributed by atoms with Crippen molar-refractivity contribution in [1.82, 2.24) is 14.2 Å².